The minimum Gasteiger partial charge on any atom is -0.481 e. The van der Waals surface area contributed by atoms with Crippen molar-refractivity contribution >= 4 is 5.97 Å². The summed E-state index contributed by atoms with van der Waals surface area (Å²) in [5.74, 6) is -0.542. The lowest BCUT2D eigenvalue weighted by Crippen LogP contribution is -2.15. The van der Waals surface area contributed by atoms with Gasteiger partial charge in [0.15, 0.2) is 0 Å². The molecule has 1 aliphatic rings. The van der Waals surface area contributed by atoms with Crippen molar-refractivity contribution in [2.24, 2.45) is 5.92 Å². The Morgan fingerprint density at radius 1 is 1.60 bits per heavy atom. The lowest BCUT2D eigenvalue weighted by atomic mass is 9.99. The molecule has 0 radical (unpaired) electrons. The van der Waals surface area contributed by atoms with Crippen LogP contribution in [-0.2, 0) is 4.79 Å². The van der Waals surface area contributed by atoms with Crippen LogP contribution in [0.4, 0.5) is 0 Å². The molecule has 0 saturated heterocycles. The zero-order valence-electron chi connectivity index (χ0n) is 8.51. The maximum absolute atomic E-state index is 11.1. The highest BCUT2D eigenvalue weighted by Crippen LogP contribution is 2.42. The molecule has 0 aliphatic heterocycles. The van der Waals surface area contributed by atoms with Crippen LogP contribution < -0.4 is 4.74 Å². The zero-order valence-corrected chi connectivity index (χ0v) is 8.51. The largest absolute Gasteiger partial charge is 0.481 e. The fourth-order valence-electron chi connectivity index (χ4n) is 1.72. The van der Waals surface area contributed by atoms with Gasteiger partial charge in [-0.1, -0.05) is 6.07 Å². The molecule has 80 valence electrons. The van der Waals surface area contributed by atoms with Gasteiger partial charge in [-0.2, -0.15) is 0 Å². The Morgan fingerprint density at radius 3 is 2.87 bits per heavy atom. The Bertz CT molecular complexity index is 374. The van der Waals surface area contributed by atoms with Crippen LogP contribution in [0.2, 0.25) is 0 Å². The van der Waals surface area contributed by atoms with Crippen molar-refractivity contribution in [3.05, 3.63) is 23.9 Å². The Hall–Kier alpha value is -1.58. The van der Waals surface area contributed by atoms with Gasteiger partial charge in [0, 0.05) is 6.07 Å². The van der Waals surface area contributed by atoms with Gasteiger partial charge < -0.3 is 9.84 Å². The highest BCUT2D eigenvalue weighted by atomic mass is 16.5. The van der Waals surface area contributed by atoms with Crippen LogP contribution in [0.5, 0.6) is 5.88 Å². The van der Waals surface area contributed by atoms with Crippen molar-refractivity contribution in [2.75, 3.05) is 7.11 Å². The molecule has 1 aromatic heterocycles. The average molecular weight is 207 g/mol. The first-order valence-electron chi connectivity index (χ1n) is 4.96. The summed E-state index contributed by atoms with van der Waals surface area (Å²) in [6.45, 7) is 0. The number of nitrogens with zero attached hydrogens (tertiary/aromatic N) is 1. The van der Waals surface area contributed by atoms with Gasteiger partial charge in [-0.25, -0.2) is 4.98 Å². The van der Waals surface area contributed by atoms with Crippen molar-refractivity contribution in [3.63, 3.8) is 0 Å². The van der Waals surface area contributed by atoms with Crippen LogP contribution >= 0.6 is 0 Å². The van der Waals surface area contributed by atoms with Crippen molar-refractivity contribution in [3.8, 4) is 5.88 Å². The molecule has 2 rings (SSSR count). The van der Waals surface area contributed by atoms with Crippen LogP contribution in [-0.4, -0.2) is 23.2 Å². The fraction of sp³-hybridized carbons (Fsp3) is 0.455. The number of carboxylic acids is 1. The molecular weight excluding hydrogens is 194 g/mol. The Labute approximate surface area is 87.9 Å². The van der Waals surface area contributed by atoms with Gasteiger partial charge in [0.1, 0.15) is 5.92 Å². The summed E-state index contributed by atoms with van der Waals surface area (Å²) in [6.07, 6.45) is 1.96. The lowest BCUT2D eigenvalue weighted by Gasteiger charge is -2.11. The summed E-state index contributed by atoms with van der Waals surface area (Å²) in [5, 5.41) is 9.12. The first-order valence-corrected chi connectivity index (χ1v) is 4.96. The van der Waals surface area contributed by atoms with Gasteiger partial charge in [-0.05, 0) is 24.8 Å². The molecule has 1 N–H and O–H groups in total. The molecule has 0 amide bonds. The number of pyridine rings is 1. The monoisotopic (exact) mass is 207 g/mol. The Balaban J connectivity index is 2.28. The summed E-state index contributed by atoms with van der Waals surface area (Å²) in [5.41, 5.74) is 0.601. The fourth-order valence-corrected chi connectivity index (χ4v) is 1.72. The molecule has 0 bridgehead atoms. The van der Waals surface area contributed by atoms with E-state index in [4.69, 9.17) is 9.84 Å². The van der Waals surface area contributed by atoms with Crippen LogP contribution in [0.15, 0.2) is 18.2 Å². The molecule has 1 saturated carbocycles. The van der Waals surface area contributed by atoms with E-state index in [0.29, 0.717) is 11.6 Å². The predicted molar refractivity (Wildman–Crippen MR) is 53.9 cm³/mol. The Kier molecular flexibility index (Phi) is 2.58. The van der Waals surface area contributed by atoms with Crippen molar-refractivity contribution in [2.45, 2.75) is 18.8 Å². The molecule has 1 heterocycles. The minimum absolute atomic E-state index is 0.252. The second-order valence-corrected chi connectivity index (χ2v) is 3.76. The number of rotatable bonds is 4. The van der Waals surface area contributed by atoms with E-state index >= 15 is 0 Å². The molecule has 1 aliphatic carbocycles. The van der Waals surface area contributed by atoms with Crippen LogP contribution in [0, 0.1) is 5.92 Å². The van der Waals surface area contributed by atoms with Crippen LogP contribution in [0.3, 0.4) is 0 Å². The number of ether oxygens (including phenoxy) is 1. The molecule has 15 heavy (non-hydrogen) atoms. The molecule has 1 fully saturated rings. The number of carboxylic acid groups (broad SMARTS) is 1. The van der Waals surface area contributed by atoms with Crippen LogP contribution in [0.1, 0.15) is 24.5 Å². The third kappa shape index (κ3) is 2.09. The normalized spacial score (nSPS) is 17.1. The lowest BCUT2D eigenvalue weighted by molar-refractivity contribution is -0.139. The number of methoxy groups -OCH3 is 1. The molecule has 1 unspecified atom stereocenters. The van der Waals surface area contributed by atoms with Gasteiger partial charge in [-0.15, -0.1) is 0 Å². The first-order chi connectivity index (χ1) is 7.22. The standard InChI is InChI=1S/C11H13NO3/c1-15-9-4-2-3-8(12-9)10(11(13)14)7-5-6-7/h2-4,7,10H,5-6H2,1H3,(H,13,14). The minimum atomic E-state index is -0.793. The first kappa shape index (κ1) is 9.96. The summed E-state index contributed by atoms with van der Waals surface area (Å²) < 4.78 is 4.98. The van der Waals surface area contributed by atoms with E-state index in [2.05, 4.69) is 4.98 Å². The Morgan fingerprint density at radius 2 is 2.33 bits per heavy atom. The third-order valence-corrected chi connectivity index (χ3v) is 2.63. The zero-order chi connectivity index (χ0) is 10.8. The molecule has 0 spiro atoms. The van der Waals surface area contributed by atoms with E-state index in [9.17, 15) is 4.79 Å². The number of hydrogen-bond acceptors (Lipinski definition) is 3. The topological polar surface area (TPSA) is 59.4 Å². The van der Waals surface area contributed by atoms with Crippen molar-refractivity contribution in [1.29, 1.82) is 0 Å². The molecule has 1 atom stereocenters. The van der Waals surface area contributed by atoms with E-state index in [-0.39, 0.29) is 5.92 Å². The van der Waals surface area contributed by atoms with E-state index in [1.807, 2.05) is 0 Å². The van der Waals surface area contributed by atoms with Gasteiger partial charge in [-0.3, -0.25) is 4.79 Å². The quantitative estimate of drug-likeness (QED) is 0.815. The second kappa shape index (κ2) is 3.88. The van der Waals surface area contributed by atoms with Gasteiger partial charge in [0.05, 0.1) is 12.8 Å². The summed E-state index contributed by atoms with van der Waals surface area (Å²) >= 11 is 0. The van der Waals surface area contributed by atoms with Crippen LogP contribution in [0.25, 0.3) is 0 Å². The molecule has 1 aromatic rings. The number of hydrogen-bond donors (Lipinski definition) is 1. The highest BCUT2D eigenvalue weighted by Gasteiger charge is 2.38. The summed E-state index contributed by atoms with van der Waals surface area (Å²) in [4.78, 5) is 15.3. The summed E-state index contributed by atoms with van der Waals surface area (Å²) in [7, 11) is 1.53. The maximum atomic E-state index is 11.1. The second-order valence-electron chi connectivity index (χ2n) is 3.76. The van der Waals surface area contributed by atoms with E-state index < -0.39 is 11.9 Å². The number of aromatic nitrogens is 1. The van der Waals surface area contributed by atoms with E-state index in [1.54, 1.807) is 18.2 Å². The smallest absolute Gasteiger partial charge is 0.312 e. The predicted octanol–water partition coefficient (Wildman–Crippen LogP) is 1.67. The van der Waals surface area contributed by atoms with Gasteiger partial charge in [0.2, 0.25) is 5.88 Å². The van der Waals surface area contributed by atoms with Gasteiger partial charge >= 0.3 is 5.97 Å². The third-order valence-electron chi connectivity index (χ3n) is 2.63. The number of aliphatic carboxylic acids is 1. The van der Waals surface area contributed by atoms with Crippen molar-refractivity contribution < 1.29 is 14.6 Å². The molecule has 4 nitrogen and oxygen atoms in total. The van der Waals surface area contributed by atoms with E-state index in [0.717, 1.165) is 12.8 Å². The SMILES string of the molecule is COc1cccc(C(C(=O)O)C2CC2)n1. The molecule has 4 heteroatoms. The van der Waals surface area contributed by atoms with E-state index in [1.165, 1.54) is 7.11 Å². The molecular formula is C11H13NO3. The number of carbonyl (C=O) groups is 1. The maximum Gasteiger partial charge on any atom is 0.312 e. The van der Waals surface area contributed by atoms with Crippen molar-refractivity contribution in [1.82, 2.24) is 4.98 Å². The molecule has 0 aromatic carbocycles. The average Bonchev–Trinajstić information content (AvgIpc) is 3.02. The summed E-state index contributed by atoms with van der Waals surface area (Å²) in [6, 6.07) is 5.24. The van der Waals surface area contributed by atoms with Gasteiger partial charge in [0.25, 0.3) is 0 Å². The highest BCUT2D eigenvalue weighted by molar-refractivity contribution is 5.76.